The van der Waals surface area contributed by atoms with Crippen LogP contribution in [0.1, 0.15) is 6.92 Å². The van der Waals surface area contributed by atoms with Crippen LogP contribution in [0.15, 0.2) is 12.3 Å². The molecule has 0 saturated carbocycles. The van der Waals surface area contributed by atoms with Crippen molar-refractivity contribution in [2.75, 3.05) is 6.54 Å². The van der Waals surface area contributed by atoms with E-state index in [4.69, 9.17) is 11.6 Å². The summed E-state index contributed by atoms with van der Waals surface area (Å²) in [6.07, 6.45) is 3.58. The Kier molecular flexibility index (Phi) is 1.95. The fourth-order valence-corrected chi connectivity index (χ4v) is 0.956. The summed E-state index contributed by atoms with van der Waals surface area (Å²) in [5.74, 6) is 0. The lowest BCUT2D eigenvalue weighted by molar-refractivity contribution is 0.452. The maximum absolute atomic E-state index is 5.90. The fraction of sp³-hybridized carbons (Fsp3) is 0.600. The van der Waals surface area contributed by atoms with E-state index < -0.39 is 5.12 Å². The molecule has 0 aromatic carbocycles. The van der Waals surface area contributed by atoms with Crippen molar-refractivity contribution in [2.45, 2.75) is 12.0 Å². The summed E-state index contributed by atoms with van der Waals surface area (Å²) in [4.78, 5) is 0. The first-order valence-electron chi connectivity index (χ1n) is 2.91. The largest absolute Gasteiger partial charge is 0.326 e. The van der Waals surface area contributed by atoms with Crippen molar-refractivity contribution >= 4 is 11.6 Å². The first kappa shape index (κ1) is 6.86. The highest BCUT2D eigenvalue weighted by atomic mass is 35.5. The normalized spacial score (nSPS) is 32.7. The molecule has 4 heteroatoms. The molecule has 0 saturated heterocycles. The Hall–Kier alpha value is -0.250. The molecule has 9 heavy (non-hydrogen) atoms. The lowest BCUT2D eigenvalue weighted by atomic mass is 10.5. The van der Waals surface area contributed by atoms with E-state index in [0.29, 0.717) is 0 Å². The molecule has 3 nitrogen and oxygen atoms in total. The Morgan fingerprint density at radius 3 is 3.00 bits per heavy atom. The van der Waals surface area contributed by atoms with Gasteiger partial charge in [-0.15, -0.1) is 0 Å². The number of hydrazine groups is 1. The summed E-state index contributed by atoms with van der Waals surface area (Å²) in [6.45, 7) is 2.83. The third kappa shape index (κ3) is 1.58. The van der Waals surface area contributed by atoms with Gasteiger partial charge in [-0.05, 0) is 12.6 Å². The van der Waals surface area contributed by atoms with Gasteiger partial charge in [0.05, 0.1) is 0 Å². The first-order valence-corrected chi connectivity index (χ1v) is 3.29. The van der Waals surface area contributed by atoms with Gasteiger partial charge in [0, 0.05) is 6.20 Å². The molecule has 52 valence electrons. The molecule has 0 amide bonds. The van der Waals surface area contributed by atoms with Crippen LogP contribution >= 0.6 is 11.6 Å². The molecule has 1 unspecified atom stereocenters. The van der Waals surface area contributed by atoms with E-state index in [1.165, 1.54) is 0 Å². The van der Waals surface area contributed by atoms with Crippen molar-refractivity contribution in [1.82, 2.24) is 16.2 Å². The summed E-state index contributed by atoms with van der Waals surface area (Å²) in [5.41, 5.74) is 5.60. The zero-order valence-corrected chi connectivity index (χ0v) is 6.00. The standard InChI is InChI=1S/C5H10ClN3/c1-2-7-5(6)3-4-8-9-5/h3-4,7-9H,2H2,1H3. The van der Waals surface area contributed by atoms with Gasteiger partial charge >= 0.3 is 0 Å². The van der Waals surface area contributed by atoms with E-state index in [1.54, 1.807) is 6.20 Å². The van der Waals surface area contributed by atoms with Gasteiger partial charge in [-0.3, -0.25) is 5.32 Å². The van der Waals surface area contributed by atoms with Gasteiger partial charge in [0.2, 0.25) is 0 Å². The molecular weight excluding hydrogens is 138 g/mol. The molecule has 0 radical (unpaired) electrons. The molecule has 0 aromatic heterocycles. The highest BCUT2D eigenvalue weighted by molar-refractivity contribution is 6.24. The number of hydrogen-bond acceptors (Lipinski definition) is 3. The predicted molar refractivity (Wildman–Crippen MR) is 37.7 cm³/mol. The predicted octanol–water partition coefficient (Wildman–Crippen LogP) is 0.110. The second-order valence-corrected chi connectivity index (χ2v) is 2.44. The number of alkyl halides is 1. The van der Waals surface area contributed by atoms with Crippen molar-refractivity contribution in [3.63, 3.8) is 0 Å². The molecule has 1 rings (SSSR count). The SMILES string of the molecule is CCNC1(Cl)C=CNN1. The van der Waals surface area contributed by atoms with Crippen LogP contribution in [0.3, 0.4) is 0 Å². The summed E-state index contributed by atoms with van der Waals surface area (Å²) < 4.78 is 0. The number of halogens is 1. The molecule has 1 aliphatic heterocycles. The maximum Gasteiger partial charge on any atom is 0.183 e. The third-order valence-electron chi connectivity index (χ3n) is 1.08. The van der Waals surface area contributed by atoms with Crippen LogP contribution in [0.4, 0.5) is 0 Å². The van der Waals surface area contributed by atoms with E-state index in [-0.39, 0.29) is 0 Å². The van der Waals surface area contributed by atoms with Crippen LogP contribution in [0.25, 0.3) is 0 Å². The minimum Gasteiger partial charge on any atom is -0.326 e. The number of rotatable bonds is 2. The van der Waals surface area contributed by atoms with Crippen molar-refractivity contribution in [3.8, 4) is 0 Å². The summed E-state index contributed by atoms with van der Waals surface area (Å²) in [7, 11) is 0. The van der Waals surface area contributed by atoms with E-state index >= 15 is 0 Å². The minimum atomic E-state index is -0.575. The van der Waals surface area contributed by atoms with Gasteiger partial charge in [-0.1, -0.05) is 18.5 Å². The van der Waals surface area contributed by atoms with E-state index in [2.05, 4.69) is 16.2 Å². The highest BCUT2D eigenvalue weighted by Crippen LogP contribution is 2.09. The summed E-state index contributed by atoms with van der Waals surface area (Å²) >= 11 is 5.90. The summed E-state index contributed by atoms with van der Waals surface area (Å²) in [6, 6.07) is 0. The highest BCUT2D eigenvalue weighted by Gasteiger charge is 2.23. The third-order valence-corrected chi connectivity index (χ3v) is 1.44. The quantitative estimate of drug-likeness (QED) is 0.383. The Bertz CT molecular complexity index is 125. The number of likely N-dealkylation sites (N-methyl/N-ethyl adjacent to an activating group) is 1. The summed E-state index contributed by atoms with van der Waals surface area (Å²) in [5, 5.41) is 2.45. The molecule has 1 atom stereocenters. The Labute approximate surface area is 59.4 Å². The van der Waals surface area contributed by atoms with Crippen LogP contribution in [-0.2, 0) is 0 Å². The van der Waals surface area contributed by atoms with Gasteiger partial charge in [-0.2, -0.15) is 5.43 Å². The average molecular weight is 148 g/mol. The zero-order chi connectivity index (χ0) is 6.74. The molecule has 0 aliphatic carbocycles. The lowest BCUT2D eigenvalue weighted by Crippen LogP contribution is -2.50. The van der Waals surface area contributed by atoms with Crippen LogP contribution in [0.2, 0.25) is 0 Å². The maximum atomic E-state index is 5.90. The van der Waals surface area contributed by atoms with Gasteiger partial charge in [0.25, 0.3) is 0 Å². The first-order chi connectivity index (χ1) is 4.27. The van der Waals surface area contributed by atoms with E-state index in [9.17, 15) is 0 Å². The number of nitrogens with one attached hydrogen (secondary N) is 3. The van der Waals surface area contributed by atoms with E-state index in [1.807, 2.05) is 13.0 Å². The monoisotopic (exact) mass is 147 g/mol. The second-order valence-electron chi connectivity index (χ2n) is 1.84. The minimum absolute atomic E-state index is 0.575. The average Bonchev–Trinajstić information content (AvgIpc) is 2.16. The van der Waals surface area contributed by atoms with Gasteiger partial charge < -0.3 is 5.43 Å². The van der Waals surface area contributed by atoms with Gasteiger partial charge in [0.1, 0.15) is 0 Å². The smallest absolute Gasteiger partial charge is 0.183 e. The molecule has 0 fully saturated rings. The van der Waals surface area contributed by atoms with Crippen LogP contribution < -0.4 is 16.2 Å². The topological polar surface area (TPSA) is 36.1 Å². The molecule has 3 N–H and O–H groups in total. The van der Waals surface area contributed by atoms with Crippen molar-refractivity contribution < 1.29 is 0 Å². The van der Waals surface area contributed by atoms with Crippen molar-refractivity contribution in [1.29, 1.82) is 0 Å². The molecule has 0 spiro atoms. The van der Waals surface area contributed by atoms with Crippen molar-refractivity contribution in [2.24, 2.45) is 0 Å². The van der Waals surface area contributed by atoms with E-state index in [0.717, 1.165) is 6.54 Å². The lowest BCUT2D eigenvalue weighted by Gasteiger charge is -2.19. The molecule has 1 aliphatic rings. The van der Waals surface area contributed by atoms with Gasteiger partial charge in [0.15, 0.2) is 5.12 Å². The Balaban J connectivity index is 2.42. The Morgan fingerprint density at radius 2 is 2.56 bits per heavy atom. The zero-order valence-electron chi connectivity index (χ0n) is 5.24. The van der Waals surface area contributed by atoms with Crippen LogP contribution in [-0.4, -0.2) is 11.7 Å². The van der Waals surface area contributed by atoms with Crippen molar-refractivity contribution in [3.05, 3.63) is 12.3 Å². The number of hydrogen-bond donors (Lipinski definition) is 3. The van der Waals surface area contributed by atoms with Crippen LogP contribution in [0, 0.1) is 0 Å². The molecular formula is C5H10ClN3. The van der Waals surface area contributed by atoms with Gasteiger partial charge in [-0.25, -0.2) is 0 Å². The Morgan fingerprint density at radius 1 is 1.78 bits per heavy atom. The molecule has 0 bridgehead atoms. The fourth-order valence-electron chi connectivity index (χ4n) is 0.705. The second kappa shape index (κ2) is 2.56. The molecule has 0 aromatic rings. The van der Waals surface area contributed by atoms with Crippen LogP contribution in [0.5, 0.6) is 0 Å². The molecule has 1 heterocycles.